The molecular weight excluding hydrogens is 292 g/mol. The highest BCUT2D eigenvalue weighted by Gasteiger charge is 2.16. The molecule has 1 aromatic rings. The number of urea groups is 2. The summed E-state index contributed by atoms with van der Waals surface area (Å²) >= 11 is 0. The molecule has 1 rings (SSSR count). The van der Waals surface area contributed by atoms with E-state index in [-0.39, 0.29) is 23.1 Å². The van der Waals surface area contributed by atoms with Crippen LogP contribution in [0.5, 0.6) is 0 Å². The Labute approximate surface area is 138 Å². The molecule has 0 heterocycles. The number of nitrogens with one attached hydrogen (secondary N) is 4. The minimum Gasteiger partial charge on any atom is -0.333 e. The van der Waals surface area contributed by atoms with E-state index in [1.54, 1.807) is 12.1 Å². The zero-order valence-corrected chi connectivity index (χ0v) is 15.0. The monoisotopic (exact) mass is 320 g/mol. The Morgan fingerprint density at radius 1 is 0.826 bits per heavy atom. The zero-order valence-electron chi connectivity index (χ0n) is 15.0. The fourth-order valence-corrected chi connectivity index (χ4v) is 1.83. The van der Waals surface area contributed by atoms with Gasteiger partial charge >= 0.3 is 12.1 Å². The van der Waals surface area contributed by atoms with E-state index in [4.69, 9.17) is 0 Å². The Hall–Kier alpha value is -2.24. The second kappa shape index (κ2) is 6.89. The van der Waals surface area contributed by atoms with Gasteiger partial charge in [-0.2, -0.15) is 0 Å². The molecule has 0 atom stereocenters. The third-order valence-electron chi connectivity index (χ3n) is 2.72. The van der Waals surface area contributed by atoms with Crippen molar-refractivity contribution in [1.29, 1.82) is 0 Å². The molecule has 0 spiro atoms. The summed E-state index contributed by atoms with van der Waals surface area (Å²) in [6, 6.07) is 4.81. The van der Waals surface area contributed by atoms with Gasteiger partial charge in [0.1, 0.15) is 0 Å². The summed E-state index contributed by atoms with van der Waals surface area (Å²) in [4.78, 5) is 23.9. The molecule has 0 aromatic heterocycles. The Morgan fingerprint density at radius 3 is 1.78 bits per heavy atom. The van der Waals surface area contributed by atoms with Crippen LogP contribution in [-0.2, 0) is 0 Å². The molecule has 1 aromatic carbocycles. The number of carbonyl (C=O) groups is 2. The molecule has 0 saturated heterocycles. The summed E-state index contributed by atoms with van der Waals surface area (Å²) in [6.07, 6.45) is 0. The summed E-state index contributed by atoms with van der Waals surface area (Å²) in [7, 11) is 0. The highest BCUT2D eigenvalue weighted by atomic mass is 16.2. The lowest BCUT2D eigenvalue weighted by molar-refractivity contribution is 0.243. The van der Waals surface area contributed by atoms with E-state index in [1.165, 1.54) is 0 Å². The van der Waals surface area contributed by atoms with Crippen molar-refractivity contribution in [2.24, 2.45) is 0 Å². The molecule has 0 aliphatic rings. The van der Waals surface area contributed by atoms with Crippen LogP contribution >= 0.6 is 0 Å². The van der Waals surface area contributed by atoms with Gasteiger partial charge in [-0.05, 0) is 66.2 Å². The van der Waals surface area contributed by atoms with Crippen LogP contribution < -0.4 is 21.3 Å². The Balaban J connectivity index is 2.79. The molecule has 23 heavy (non-hydrogen) atoms. The molecule has 0 bridgehead atoms. The predicted octanol–water partition coefficient (Wildman–Crippen LogP) is 3.84. The number of carbonyl (C=O) groups excluding carboxylic acids is 2. The summed E-state index contributed by atoms with van der Waals surface area (Å²) in [5.74, 6) is 0. The van der Waals surface area contributed by atoms with E-state index >= 15 is 0 Å². The quantitative estimate of drug-likeness (QED) is 0.668. The first-order valence-corrected chi connectivity index (χ1v) is 7.65. The van der Waals surface area contributed by atoms with Gasteiger partial charge in [0.15, 0.2) is 0 Å². The zero-order chi connectivity index (χ0) is 17.8. The molecule has 0 saturated carbocycles. The molecule has 6 nitrogen and oxygen atoms in total. The first-order valence-electron chi connectivity index (χ1n) is 7.65. The molecule has 0 unspecified atom stereocenters. The highest BCUT2D eigenvalue weighted by molar-refractivity contribution is 5.93. The van der Waals surface area contributed by atoms with Gasteiger partial charge in [0.25, 0.3) is 0 Å². The van der Waals surface area contributed by atoms with Crippen molar-refractivity contribution >= 4 is 23.4 Å². The number of anilines is 2. The lowest BCUT2D eigenvalue weighted by atomic mass is 10.1. The average molecular weight is 320 g/mol. The molecule has 0 fully saturated rings. The third-order valence-corrected chi connectivity index (χ3v) is 2.72. The first kappa shape index (κ1) is 18.8. The van der Waals surface area contributed by atoms with Crippen LogP contribution in [0.4, 0.5) is 21.0 Å². The number of benzene rings is 1. The van der Waals surface area contributed by atoms with E-state index in [9.17, 15) is 9.59 Å². The van der Waals surface area contributed by atoms with Gasteiger partial charge in [-0.25, -0.2) is 9.59 Å². The van der Waals surface area contributed by atoms with Gasteiger partial charge in [-0.3, -0.25) is 0 Å². The fourth-order valence-electron chi connectivity index (χ4n) is 1.83. The van der Waals surface area contributed by atoms with Crippen molar-refractivity contribution in [1.82, 2.24) is 10.6 Å². The van der Waals surface area contributed by atoms with Gasteiger partial charge < -0.3 is 21.3 Å². The maximum absolute atomic E-state index is 12.0. The predicted molar refractivity (Wildman–Crippen MR) is 95.0 cm³/mol. The number of rotatable bonds is 2. The summed E-state index contributed by atoms with van der Waals surface area (Å²) in [6.45, 7) is 13.4. The Bertz CT molecular complexity index is 583. The molecule has 0 aliphatic heterocycles. The van der Waals surface area contributed by atoms with Crippen LogP contribution in [0.2, 0.25) is 0 Å². The van der Waals surface area contributed by atoms with Crippen LogP contribution in [-0.4, -0.2) is 23.1 Å². The second-order valence-corrected chi connectivity index (χ2v) is 7.69. The van der Waals surface area contributed by atoms with E-state index in [0.29, 0.717) is 11.4 Å². The second-order valence-electron chi connectivity index (χ2n) is 7.69. The van der Waals surface area contributed by atoms with Crippen molar-refractivity contribution in [2.75, 3.05) is 10.6 Å². The van der Waals surface area contributed by atoms with Gasteiger partial charge in [0.2, 0.25) is 0 Å². The molecule has 0 aliphatic carbocycles. The lowest BCUT2D eigenvalue weighted by Crippen LogP contribution is -2.43. The minimum absolute atomic E-state index is 0.281. The number of amides is 4. The fraction of sp³-hybridized carbons (Fsp3) is 0.529. The number of hydrogen-bond donors (Lipinski definition) is 4. The molecule has 128 valence electrons. The van der Waals surface area contributed by atoms with Gasteiger partial charge in [0.05, 0.1) is 0 Å². The van der Waals surface area contributed by atoms with E-state index in [2.05, 4.69) is 21.3 Å². The summed E-state index contributed by atoms with van der Waals surface area (Å²) in [5.41, 5.74) is 1.54. The van der Waals surface area contributed by atoms with Crippen molar-refractivity contribution in [3.05, 3.63) is 23.8 Å². The van der Waals surface area contributed by atoms with E-state index in [0.717, 1.165) is 5.56 Å². The number of aryl methyl sites for hydroxylation is 1. The van der Waals surface area contributed by atoms with Gasteiger partial charge in [-0.15, -0.1) is 0 Å². The van der Waals surface area contributed by atoms with Crippen LogP contribution in [0.15, 0.2) is 18.2 Å². The van der Waals surface area contributed by atoms with E-state index in [1.807, 2.05) is 54.5 Å². The van der Waals surface area contributed by atoms with Crippen molar-refractivity contribution in [3.8, 4) is 0 Å². The SMILES string of the molecule is Cc1ccc(NC(=O)NC(C)(C)C)cc1NC(=O)NC(C)(C)C. The van der Waals surface area contributed by atoms with Crippen LogP contribution in [0.3, 0.4) is 0 Å². The normalized spacial score (nSPS) is 11.6. The molecule has 4 N–H and O–H groups in total. The molecular formula is C17H28N4O2. The van der Waals surface area contributed by atoms with Crippen LogP contribution in [0.25, 0.3) is 0 Å². The van der Waals surface area contributed by atoms with Crippen molar-refractivity contribution < 1.29 is 9.59 Å². The maximum Gasteiger partial charge on any atom is 0.319 e. The first-order chi connectivity index (χ1) is 10.4. The third kappa shape index (κ3) is 7.54. The standard InChI is InChI=1S/C17H28N4O2/c1-11-8-9-12(18-14(22)20-16(2,3)4)10-13(11)19-15(23)21-17(5,6)7/h8-10H,1-7H3,(H2,18,20,22)(H2,19,21,23). The topological polar surface area (TPSA) is 82.3 Å². The van der Waals surface area contributed by atoms with Crippen LogP contribution in [0, 0.1) is 6.92 Å². The summed E-state index contributed by atoms with van der Waals surface area (Å²) < 4.78 is 0. The Morgan fingerprint density at radius 2 is 1.30 bits per heavy atom. The molecule has 4 amide bonds. The summed E-state index contributed by atoms with van der Waals surface area (Å²) in [5, 5.41) is 11.2. The smallest absolute Gasteiger partial charge is 0.319 e. The van der Waals surface area contributed by atoms with Crippen molar-refractivity contribution in [3.63, 3.8) is 0 Å². The largest absolute Gasteiger partial charge is 0.333 e. The van der Waals surface area contributed by atoms with Crippen molar-refractivity contribution in [2.45, 2.75) is 59.5 Å². The molecule has 6 heteroatoms. The Kier molecular flexibility index (Phi) is 5.64. The minimum atomic E-state index is -0.319. The van der Waals surface area contributed by atoms with E-state index < -0.39 is 0 Å². The molecule has 0 radical (unpaired) electrons. The lowest BCUT2D eigenvalue weighted by Gasteiger charge is -2.22. The van der Waals surface area contributed by atoms with Crippen LogP contribution in [0.1, 0.15) is 47.1 Å². The highest BCUT2D eigenvalue weighted by Crippen LogP contribution is 2.20. The van der Waals surface area contributed by atoms with Gasteiger partial charge in [0, 0.05) is 22.5 Å². The average Bonchev–Trinajstić information content (AvgIpc) is 2.28. The maximum atomic E-state index is 12.0. The number of hydrogen-bond acceptors (Lipinski definition) is 2. The van der Waals surface area contributed by atoms with Gasteiger partial charge in [-0.1, -0.05) is 6.07 Å².